The fourth-order valence-corrected chi connectivity index (χ4v) is 3.24. The van der Waals surface area contributed by atoms with Crippen molar-refractivity contribution in [2.45, 2.75) is 18.8 Å². The first-order chi connectivity index (χ1) is 14.2. The highest BCUT2D eigenvalue weighted by Crippen LogP contribution is 2.39. The van der Waals surface area contributed by atoms with E-state index in [-0.39, 0.29) is 6.61 Å². The summed E-state index contributed by atoms with van der Waals surface area (Å²) in [4.78, 5) is 0. The van der Waals surface area contributed by atoms with Crippen molar-refractivity contribution in [3.8, 4) is 17.2 Å². The Hall–Kier alpha value is -3.02. The van der Waals surface area contributed by atoms with Crippen LogP contribution in [0, 0.1) is 0 Å². The molecule has 1 N–H and O–H groups in total. The Labute approximate surface area is 171 Å². The smallest absolute Gasteiger partial charge is 0.203 e. The van der Waals surface area contributed by atoms with E-state index in [1.807, 2.05) is 72.8 Å². The molecule has 3 aromatic rings. The van der Waals surface area contributed by atoms with Crippen molar-refractivity contribution < 1.29 is 24.1 Å². The summed E-state index contributed by atoms with van der Waals surface area (Å²) in [5, 5.41) is 11.0. The molecule has 152 valence electrons. The predicted molar refractivity (Wildman–Crippen MR) is 111 cm³/mol. The Kier molecular flexibility index (Phi) is 7.11. The second-order valence-electron chi connectivity index (χ2n) is 6.53. The van der Waals surface area contributed by atoms with Crippen molar-refractivity contribution in [3.63, 3.8) is 0 Å². The van der Waals surface area contributed by atoms with Crippen LogP contribution in [0.25, 0.3) is 0 Å². The van der Waals surface area contributed by atoms with Crippen LogP contribution in [0.4, 0.5) is 0 Å². The van der Waals surface area contributed by atoms with Crippen LogP contribution in [-0.4, -0.2) is 26.4 Å². The summed E-state index contributed by atoms with van der Waals surface area (Å²) < 4.78 is 22.4. The molecular weight excluding hydrogens is 368 g/mol. The summed E-state index contributed by atoms with van der Waals surface area (Å²) in [5.41, 5.74) is 2.54. The zero-order valence-electron chi connectivity index (χ0n) is 16.9. The molecule has 0 fully saturated rings. The van der Waals surface area contributed by atoms with Crippen LogP contribution in [0.15, 0.2) is 72.8 Å². The lowest BCUT2D eigenvalue weighted by Gasteiger charge is -2.25. The minimum absolute atomic E-state index is 0.264. The second-order valence-corrected chi connectivity index (χ2v) is 6.53. The molecule has 0 aliphatic heterocycles. The molecular formula is C24H26O5. The monoisotopic (exact) mass is 394 g/mol. The third-order valence-electron chi connectivity index (χ3n) is 4.71. The lowest BCUT2D eigenvalue weighted by Crippen LogP contribution is -2.15. The molecule has 0 unspecified atom stereocenters. The van der Waals surface area contributed by atoms with E-state index >= 15 is 0 Å². The maximum Gasteiger partial charge on any atom is 0.203 e. The molecule has 0 saturated heterocycles. The lowest BCUT2D eigenvalue weighted by atomic mass is 9.98. The fourth-order valence-electron chi connectivity index (χ4n) is 3.24. The Bertz CT molecular complexity index is 871. The molecule has 2 atom stereocenters. The Morgan fingerprint density at radius 3 is 1.72 bits per heavy atom. The highest BCUT2D eigenvalue weighted by Gasteiger charge is 2.24. The average molecular weight is 394 g/mol. The van der Waals surface area contributed by atoms with Crippen LogP contribution in [-0.2, 0) is 11.3 Å². The number of ether oxygens (including phenoxy) is 4. The van der Waals surface area contributed by atoms with E-state index in [2.05, 4.69) is 0 Å². The number of aliphatic hydroxyl groups excluding tert-OH is 1. The predicted octanol–water partition coefficient (Wildman–Crippen LogP) is 4.70. The summed E-state index contributed by atoms with van der Waals surface area (Å²) in [5.74, 6) is 1.65. The number of benzene rings is 3. The van der Waals surface area contributed by atoms with Crippen LogP contribution in [0.2, 0.25) is 0 Å². The van der Waals surface area contributed by atoms with Crippen molar-refractivity contribution in [3.05, 3.63) is 89.5 Å². The molecule has 0 heterocycles. The summed E-state index contributed by atoms with van der Waals surface area (Å²) in [7, 11) is 4.72. The average Bonchev–Trinajstić information content (AvgIpc) is 2.79. The topological polar surface area (TPSA) is 57.2 Å². The first-order valence-corrected chi connectivity index (χ1v) is 9.36. The van der Waals surface area contributed by atoms with Crippen LogP contribution >= 0.6 is 0 Å². The molecule has 0 saturated carbocycles. The van der Waals surface area contributed by atoms with E-state index in [0.717, 1.165) is 16.7 Å². The minimum Gasteiger partial charge on any atom is -0.493 e. The van der Waals surface area contributed by atoms with E-state index in [4.69, 9.17) is 18.9 Å². The van der Waals surface area contributed by atoms with Gasteiger partial charge in [0.15, 0.2) is 11.5 Å². The normalized spacial score (nSPS) is 12.8. The van der Waals surface area contributed by atoms with Crippen LogP contribution in [0.1, 0.15) is 28.9 Å². The number of hydrogen-bond donors (Lipinski definition) is 1. The van der Waals surface area contributed by atoms with Gasteiger partial charge in [-0.25, -0.2) is 0 Å². The third-order valence-corrected chi connectivity index (χ3v) is 4.71. The Balaban J connectivity index is 1.87. The Morgan fingerprint density at radius 1 is 0.724 bits per heavy atom. The standard InChI is InChI=1S/C24H26O5/c1-26-20-14-17(15-21(27-2)24(20)28-3)16-29-23(19-12-8-5-9-13-19)22(25)18-10-6-4-7-11-18/h4-15,22-23,25H,16H2,1-3H3/t22-,23-/m1/s1. The van der Waals surface area contributed by atoms with Crippen LogP contribution in [0.5, 0.6) is 17.2 Å². The summed E-state index contributed by atoms with van der Waals surface area (Å²) in [6.07, 6.45) is -1.33. The van der Waals surface area contributed by atoms with Crippen molar-refractivity contribution in [2.24, 2.45) is 0 Å². The van der Waals surface area contributed by atoms with E-state index < -0.39 is 12.2 Å². The fraction of sp³-hybridized carbons (Fsp3) is 0.250. The molecule has 0 bridgehead atoms. The second kappa shape index (κ2) is 9.96. The van der Waals surface area contributed by atoms with Crippen LogP contribution in [0.3, 0.4) is 0 Å². The van der Waals surface area contributed by atoms with Gasteiger partial charge in [-0.05, 0) is 28.8 Å². The number of rotatable bonds is 9. The largest absolute Gasteiger partial charge is 0.493 e. The molecule has 3 rings (SSSR count). The molecule has 0 radical (unpaired) electrons. The molecule has 0 aliphatic carbocycles. The van der Waals surface area contributed by atoms with Crippen molar-refractivity contribution in [1.29, 1.82) is 0 Å². The molecule has 0 aliphatic rings. The van der Waals surface area contributed by atoms with Crippen molar-refractivity contribution >= 4 is 0 Å². The van der Waals surface area contributed by atoms with E-state index in [1.165, 1.54) is 0 Å². The quantitative estimate of drug-likeness (QED) is 0.570. The Morgan fingerprint density at radius 2 is 1.24 bits per heavy atom. The number of methoxy groups -OCH3 is 3. The van der Waals surface area contributed by atoms with Gasteiger partial charge in [0, 0.05) is 0 Å². The van der Waals surface area contributed by atoms with Crippen molar-refractivity contribution in [1.82, 2.24) is 0 Å². The molecule has 5 nitrogen and oxygen atoms in total. The lowest BCUT2D eigenvalue weighted by molar-refractivity contribution is -0.0498. The van der Waals surface area contributed by atoms with E-state index in [9.17, 15) is 5.11 Å². The minimum atomic E-state index is -0.805. The van der Waals surface area contributed by atoms with Gasteiger partial charge in [-0.3, -0.25) is 0 Å². The van der Waals surface area contributed by atoms with Gasteiger partial charge in [0.1, 0.15) is 12.2 Å². The van der Waals surface area contributed by atoms with Gasteiger partial charge < -0.3 is 24.1 Å². The molecule has 0 spiro atoms. The van der Waals surface area contributed by atoms with E-state index in [0.29, 0.717) is 17.2 Å². The molecule has 5 heteroatoms. The van der Waals surface area contributed by atoms with Gasteiger partial charge in [-0.2, -0.15) is 0 Å². The first-order valence-electron chi connectivity index (χ1n) is 9.36. The SMILES string of the molecule is COc1cc(CO[C@H](c2ccccc2)[C@H](O)c2ccccc2)cc(OC)c1OC. The molecule has 0 amide bonds. The zero-order valence-corrected chi connectivity index (χ0v) is 16.9. The van der Waals surface area contributed by atoms with Gasteiger partial charge in [0.05, 0.1) is 27.9 Å². The zero-order chi connectivity index (χ0) is 20.6. The number of hydrogen-bond acceptors (Lipinski definition) is 5. The highest BCUT2D eigenvalue weighted by atomic mass is 16.5. The maximum absolute atomic E-state index is 11.0. The van der Waals surface area contributed by atoms with Crippen molar-refractivity contribution in [2.75, 3.05) is 21.3 Å². The molecule has 3 aromatic carbocycles. The van der Waals surface area contributed by atoms with Gasteiger partial charge in [0.2, 0.25) is 5.75 Å². The van der Waals surface area contributed by atoms with Gasteiger partial charge in [0.25, 0.3) is 0 Å². The molecule has 29 heavy (non-hydrogen) atoms. The first kappa shape index (κ1) is 20.7. The molecule has 0 aromatic heterocycles. The van der Waals surface area contributed by atoms with Gasteiger partial charge in [-0.15, -0.1) is 0 Å². The van der Waals surface area contributed by atoms with E-state index in [1.54, 1.807) is 21.3 Å². The highest BCUT2D eigenvalue weighted by molar-refractivity contribution is 5.53. The summed E-state index contributed by atoms with van der Waals surface area (Å²) in [6.45, 7) is 0.264. The summed E-state index contributed by atoms with van der Waals surface area (Å²) >= 11 is 0. The van der Waals surface area contributed by atoms with Gasteiger partial charge in [-0.1, -0.05) is 60.7 Å². The maximum atomic E-state index is 11.0. The van der Waals surface area contributed by atoms with Gasteiger partial charge >= 0.3 is 0 Å². The number of aliphatic hydroxyl groups is 1. The third kappa shape index (κ3) is 4.88. The van der Waals surface area contributed by atoms with Crippen LogP contribution < -0.4 is 14.2 Å². The summed E-state index contributed by atoms with van der Waals surface area (Å²) in [6, 6.07) is 22.9.